The summed E-state index contributed by atoms with van der Waals surface area (Å²) in [6.45, 7) is 2.39. The first-order valence-electron chi connectivity index (χ1n) is 4.05. The van der Waals surface area contributed by atoms with E-state index in [0.717, 1.165) is 12.8 Å². The number of esters is 1. The maximum Gasteiger partial charge on any atom is 0.330 e. The number of aldehydes is 1. The molecular formula is C8H15NO3. The van der Waals surface area contributed by atoms with Crippen LogP contribution in [0.5, 0.6) is 0 Å². The van der Waals surface area contributed by atoms with E-state index in [2.05, 4.69) is 5.32 Å². The molecule has 0 amide bonds. The average Bonchev–Trinajstić information content (AvgIpc) is 2.07. The van der Waals surface area contributed by atoms with Crippen molar-refractivity contribution in [3.8, 4) is 0 Å². The van der Waals surface area contributed by atoms with E-state index in [9.17, 15) is 9.59 Å². The molecule has 4 heteroatoms. The van der Waals surface area contributed by atoms with Crippen LogP contribution in [0, 0.1) is 0 Å². The SMILES string of the molecule is CCCCOC(=O)C(C=O)NC. The van der Waals surface area contributed by atoms with Gasteiger partial charge in [0.2, 0.25) is 0 Å². The van der Waals surface area contributed by atoms with Gasteiger partial charge in [-0.2, -0.15) is 0 Å². The Bertz CT molecular complexity index is 147. The van der Waals surface area contributed by atoms with Gasteiger partial charge in [0.25, 0.3) is 0 Å². The highest BCUT2D eigenvalue weighted by Crippen LogP contribution is 1.90. The lowest BCUT2D eigenvalue weighted by molar-refractivity contribution is -0.147. The summed E-state index contributed by atoms with van der Waals surface area (Å²) in [6, 6.07) is -0.818. The zero-order chi connectivity index (χ0) is 9.40. The molecule has 70 valence electrons. The van der Waals surface area contributed by atoms with Gasteiger partial charge in [-0.05, 0) is 13.5 Å². The van der Waals surface area contributed by atoms with E-state index in [1.165, 1.54) is 0 Å². The minimum Gasteiger partial charge on any atom is -0.464 e. The Balaban J connectivity index is 3.62. The summed E-state index contributed by atoms with van der Waals surface area (Å²) in [5.74, 6) is -0.499. The summed E-state index contributed by atoms with van der Waals surface area (Å²) >= 11 is 0. The first-order chi connectivity index (χ1) is 5.76. The van der Waals surface area contributed by atoms with Gasteiger partial charge in [0.05, 0.1) is 6.61 Å². The lowest BCUT2D eigenvalue weighted by Crippen LogP contribution is -2.36. The molecule has 0 aliphatic rings. The third-order valence-electron chi connectivity index (χ3n) is 1.44. The molecule has 12 heavy (non-hydrogen) atoms. The molecule has 1 unspecified atom stereocenters. The van der Waals surface area contributed by atoms with Crippen LogP contribution in [0.4, 0.5) is 0 Å². The standard InChI is InChI=1S/C8H15NO3/c1-3-4-5-12-8(11)7(6-10)9-2/h6-7,9H,3-5H2,1-2H3. The summed E-state index contributed by atoms with van der Waals surface area (Å²) in [6.07, 6.45) is 2.34. The van der Waals surface area contributed by atoms with E-state index in [1.807, 2.05) is 6.92 Å². The van der Waals surface area contributed by atoms with E-state index in [1.54, 1.807) is 7.05 Å². The van der Waals surface area contributed by atoms with Crippen molar-refractivity contribution in [2.45, 2.75) is 25.8 Å². The number of hydrogen-bond acceptors (Lipinski definition) is 4. The molecule has 1 N–H and O–H groups in total. The van der Waals surface area contributed by atoms with Crippen molar-refractivity contribution in [2.75, 3.05) is 13.7 Å². The number of carbonyl (C=O) groups excluding carboxylic acids is 2. The molecule has 0 aliphatic carbocycles. The highest BCUT2D eigenvalue weighted by molar-refractivity contribution is 5.92. The minimum absolute atomic E-state index is 0.390. The number of unbranched alkanes of at least 4 members (excludes halogenated alkanes) is 1. The Morgan fingerprint density at radius 2 is 2.33 bits per heavy atom. The molecule has 0 fully saturated rings. The van der Waals surface area contributed by atoms with Crippen molar-refractivity contribution >= 4 is 12.3 Å². The van der Waals surface area contributed by atoms with Gasteiger partial charge in [-0.3, -0.25) is 0 Å². The van der Waals surface area contributed by atoms with Gasteiger partial charge in [0.15, 0.2) is 6.04 Å². The molecule has 1 atom stereocenters. The number of carbonyl (C=O) groups is 2. The molecule has 0 aromatic carbocycles. The van der Waals surface area contributed by atoms with Crippen LogP contribution >= 0.6 is 0 Å². The number of rotatable bonds is 6. The molecule has 0 radical (unpaired) electrons. The Morgan fingerprint density at radius 3 is 2.75 bits per heavy atom. The maximum atomic E-state index is 11.0. The van der Waals surface area contributed by atoms with Crippen LogP contribution in [-0.2, 0) is 14.3 Å². The van der Waals surface area contributed by atoms with Gasteiger partial charge in [-0.25, -0.2) is 4.79 Å². The molecule has 0 aromatic rings. The lowest BCUT2D eigenvalue weighted by Gasteiger charge is -2.08. The van der Waals surface area contributed by atoms with Crippen LogP contribution in [0.25, 0.3) is 0 Å². The van der Waals surface area contributed by atoms with E-state index >= 15 is 0 Å². The molecule has 0 saturated heterocycles. The number of hydrogen-bond donors (Lipinski definition) is 1. The molecule has 4 nitrogen and oxygen atoms in total. The third-order valence-corrected chi connectivity index (χ3v) is 1.44. The zero-order valence-corrected chi connectivity index (χ0v) is 7.50. The minimum atomic E-state index is -0.818. The van der Waals surface area contributed by atoms with Crippen LogP contribution in [0.2, 0.25) is 0 Å². The molecule has 0 heterocycles. The summed E-state index contributed by atoms with van der Waals surface area (Å²) in [4.78, 5) is 21.2. The Kier molecular flexibility index (Phi) is 6.28. The highest BCUT2D eigenvalue weighted by atomic mass is 16.5. The van der Waals surface area contributed by atoms with Crippen molar-refractivity contribution in [3.63, 3.8) is 0 Å². The molecular weight excluding hydrogens is 158 g/mol. The van der Waals surface area contributed by atoms with Crippen LogP contribution in [0.3, 0.4) is 0 Å². The first-order valence-corrected chi connectivity index (χ1v) is 4.05. The second-order valence-corrected chi connectivity index (χ2v) is 2.42. The Labute approximate surface area is 72.3 Å². The molecule has 0 aromatic heterocycles. The van der Waals surface area contributed by atoms with Gasteiger partial charge in [-0.1, -0.05) is 13.3 Å². The molecule has 0 saturated carbocycles. The van der Waals surface area contributed by atoms with E-state index in [0.29, 0.717) is 12.9 Å². The van der Waals surface area contributed by atoms with Gasteiger partial charge >= 0.3 is 5.97 Å². The van der Waals surface area contributed by atoms with Crippen LogP contribution < -0.4 is 5.32 Å². The second kappa shape index (κ2) is 6.79. The molecule has 0 rings (SSSR count). The van der Waals surface area contributed by atoms with E-state index in [4.69, 9.17) is 4.74 Å². The lowest BCUT2D eigenvalue weighted by atomic mass is 10.3. The van der Waals surface area contributed by atoms with Gasteiger partial charge in [-0.15, -0.1) is 0 Å². The summed E-state index contributed by atoms with van der Waals surface area (Å²) in [7, 11) is 1.54. The van der Waals surface area contributed by atoms with Gasteiger partial charge < -0.3 is 14.8 Å². The predicted molar refractivity (Wildman–Crippen MR) is 44.8 cm³/mol. The summed E-state index contributed by atoms with van der Waals surface area (Å²) in [5, 5.41) is 2.54. The monoisotopic (exact) mass is 173 g/mol. The predicted octanol–water partition coefficient (Wildman–Crippen LogP) is 0.117. The fraction of sp³-hybridized carbons (Fsp3) is 0.750. The van der Waals surface area contributed by atoms with Crippen molar-refractivity contribution < 1.29 is 14.3 Å². The average molecular weight is 173 g/mol. The van der Waals surface area contributed by atoms with Crippen molar-refractivity contribution in [3.05, 3.63) is 0 Å². The number of nitrogens with one attached hydrogen (secondary N) is 1. The molecule has 0 aliphatic heterocycles. The van der Waals surface area contributed by atoms with E-state index in [-0.39, 0.29) is 0 Å². The first kappa shape index (κ1) is 11.1. The van der Waals surface area contributed by atoms with Gasteiger partial charge in [0.1, 0.15) is 6.29 Å². The number of likely N-dealkylation sites (N-methyl/N-ethyl adjacent to an activating group) is 1. The summed E-state index contributed by atoms with van der Waals surface area (Å²) < 4.78 is 4.79. The van der Waals surface area contributed by atoms with Gasteiger partial charge in [0, 0.05) is 0 Å². The van der Waals surface area contributed by atoms with Crippen molar-refractivity contribution in [1.82, 2.24) is 5.32 Å². The molecule has 0 bridgehead atoms. The number of ether oxygens (including phenoxy) is 1. The fourth-order valence-electron chi connectivity index (χ4n) is 0.648. The van der Waals surface area contributed by atoms with Crippen LogP contribution in [0.1, 0.15) is 19.8 Å². The van der Waals surface area contributed by atoms with Crippen LogP contribution in [-0.4, -0.2) is 32.0 Å². The van der Waals surface area contributed by atoms with Crippen LogP contribution in [0.15, 0.2) is 0 Å². The van der Waals surface area contributed by atoms with Crippen molar-refractivity contribution in [2.24, 2.45) is 0 Å². The normalized spacial score (nSPS) is 12.2. The fourth-order valence-corrected chi connectivity index (χ4v) is 0.648. The topological polar surface area (TPSA) is 55.4 Å². The Morgan fingerprint density at radius 1 is 1.67 bits per heavy atom. The largest absolute Gasteiger partial charge is 0.464 e. The molecule has 0 spiro atoms. The zero-order valence-electron chi connectivity index (χ0n) is 7.50. The summed E-state index contributed by atoms with van der Waals surface area (Å²) in [5.41, 5.74) is 0. The smallest absolute Gasteiger partial charge is 0.330 e. The second-order valence-electron chi connectivity index (χ2n) is 2.42. The quantitative estimate of drug-likeness (QED) is 0.268. The maximum absolute atomic E-state index is 11.0. The third kappa shape index (κ3) is 4.08. The Hall–Kier alpha value is -0.900. The van der Waals surface area contributed by atoms with Crippen molar-refractivity contribution in [1.29, 1.82) is 0 Å². The van der Waals surface area contributed by atoms with E-state index < -0.39 is 12.0 Å². The highest BCUT2D eigenvalue weighted by Gasteiger charge is 2.15.